The lowest BCUT2D eigenvalue weighted by atomic mass is 9.96. The number of terminal acetylenes is 1. The summed E-state index contributed by atoms with van der Waals surface area (Å²) < 4.78 is 0. The molecule has 1 unspecified atom stereocenters. The number of benzene rings is 2. The van der Waals surface area contributed by atoms with Crippen molar-refractivity contribution in [2.75, 3.05) is 19.6 Å². The second-order valence-corrected chi connectivity index (χ2v) is 6.74. The van der Waals surface area contributed by atoms with Crippen LogP contribution in [0.3, 0.4) is 0 Å². The van der Waals surface area contributed by atoms with Crippen molar-refractivity contribution in [3.63, 3.8) is 0 Å². The maximum Gasteiger partial charge on any atom is 0.251 e. The molecule has 116 valence electrons. The van der Waals surface area contributed by atoms with Crippen molar-refractivity contribution in [3.8, 4) is 12.3 Å². The van der Waals surface area contributed by atoms with E-state index in [1.165, 1.54) is 19.5 Å². The highest BCUT2D eigenvalue weighted by molar-refractivity contribution is 5.99. The number of nitrogens with one attached hydrogen (secondary N) is 1. The smallest absolute Gasteiger partial charge is 0.251 e. The molecule has 3 nitrogen and oxygen atoms in total. The Bertz CT molecular complexity index is 793. The van der Waals surface area contributed by atoms with E-state index >= 15 is 0 Å². The number of piperidine rings is 1. The average Bonchev–Trinajstić information content (AvgIpc) is 2.92. The van der Waals surface area contributed by atoms with Gasteiger partial charge in [0.05, 0.1) is 0 Å². The molecule has 2 aliphatic rings. The molecule has 2 fully saturated rings. The maximum absolute atomic E-state index is 12.6. The second-order valence-electron chi connectivity index (χ2n) is 6.74. The Balaban J connectivity index is 1.53. The van der Waals surface area contributed by atoms with Crippen LogP contribution in [0.5, 0.6) is 0 Å². The highest BCUT2D eigenvalue weighted by atomic mass is 16.1. The maximum atomic E-state index is 12.6. The van der Waals surface area contributed by atoms with Crippen molar-refractivity contribution < 1.29 is 4.79 Å². The topological polar surface area (TPSA) is 32.3 Å². The van der Waals surface area contributed by atoms with Gasteiger partial charge in [-0.1, -0.05) is 18.1 Å². The predicted molar refractivity (Wildman–Crippen MR) is 92.3 cm³/mol. The van der Waals surface area contributed by atoms with E-state index in [1.54, 1.807) is 0 Å². The first-order valence-corrected chi connectivity index (χ1v) is 8.25. The Labute approximate surface area is 136 Å². The zero-order valence-electron chi connectivity index (χ0n) is 13.1. The summed E-state index contributed by atoms with van der Waals surface area (Å²) in [4.78, 5) is 15.0. The lowest BCUT2D eigenvalue weighted by molar-refractivity contribution is 0.0909. The Kier molecular flexibility index (Phi) is 3.55. The van der Waals surface area contributed by atoms with Crippen molar-refractivity contribution in [1.29, 1.82) is 0 Å². The third kappa shape index (κ3) is 2.83. The summed E-state index contributed by atoms with van der Waals surface area (Å²) in [6.45, 7) is 3.37. The molecule has 0 saturated carbocycles. The first-order valence-electron chi connectivity index (χ1n) is 8.25. The molecule has 2 aliphatic heterocycles. The van der Waals surface area contributed by atoms with Crippen LogP contribution in [0.4, 0.5) is 0 Å². The fraction of sp³-hybridized carbons (Fsp3) is 0.350. The van der Waals surface area contributed by atoms with Crippen molar-refractivity contribution in [2.45, 2.75) is 18.9 Å². The molecule has 2 bridgehead atoms. The van der Waals surface area contributed by atoms with Crippen LogP contribution in [0.15, 0.2) is 36.4 Å². The van der Waals surface area contributed by atoms with Gasteiger partial charge in [-0.15, -0.1) is 6.42 Å². The number of rotatable bonds is 2. The first-order chi connectivity index (χ1) is 11.2. The van der Waals surface area contributed by atoms with E-state index in [0.29, 0.717) is 5.56 Å². The van der Waals surface area contributed by atoms with Gasteiger partial charge in [-0.3, -0.25) is 4.79 Å². The molecule has 2 aromatic carbocycles. The van der Waals surface area contributed by atoms with Gasteiger partial charge in [-0.2, -0.15) is 0 Å². The molecule has 1 N–H and O–H groups in total. The van der Waals surface area contributed by atoms with E-state index in [0.717, 1.165) is 35.2 Å². The van der Waals surface area contributed by atoms with Crippen molar-refractivity contribution >= 4 is 16.7 Å². The Morgan fingerprint density at radius 1 is 1.17 bits per heavy atom. The number of hydrogen-bond acceptors (Lipinski definition) is 2. The fourth-order valence-electron chi connectivity index (χ4n) is 3.91. The molecule has 2 heterocycles. The molecule has 1 amide bonds. The van der Waals surface area contributed by atoms with Gasteiger partial charge in [-0.25, -0.2) is 0 Å². The van der Waals surface area contributed by atoms with Crippen LogP contribution in [0.25, 0.3) is 10.8 Å². The van der Waals surface area contributed by atoms with Crippen LogP contribution in [-0.4, -0.2) is 36.5 Å². The van der Waals surface area contributed by atoms with Gasteiger partial charge in [0.1, 0.15) is 0 Å². The molecule has 0 spiro atoms. The highest BCUT2D eigenvalue weighted by Gasteiger charge is 2.32. The monoisotopic (exact) mass is 304 g/mol. The van der Waals surface area contributed by atoms with Crippen molar-refractivity contribution in [1.82, 2.24) is 10.2 Å². The van der Waals surface area contributed by atoms with Gasteiger partial charge in [0.2, 0.25) is 0 Å². The summed E-state index contributed by atoms with van der Waals surface area (Å²) in [6.07, 6.45) is 7.84. The lowest BCUT2D eigenvalue weighted by Gasteiger charge is -2.30. The quantitative estimate of drug-likeness (QED) is 0.865. The van der Waals surface area contributed by atoms with Gasteiger partial charge in [0, 0.05) is 30.3 Å². The van der Waals surface area contributed by atoms with Crippen LogP contribution in [0.1, 0.15) is 28.8 Å². The minimum atomic E-state index is 0.0190. The van der Waals surface area contributed by atoms with Crippen LogP contribution in [0, 0.1) is 18.3 Å². The largest absolute Gasteiger partial charge is 0.348 e. The molecular weight excluding hydrogens is 284 g/mol. The molecule has 0 radical (unpaired) electrons. The standard InChI is InChI=1S/C20H20N2O/c1-2-14-3-4-16-5-6-17(11-18(16)9-14)20(23)21-19-10-15-7-8-22(12-15)13-19/h1,3-6,9,11,15,19H,7-8,10,12-13H2,(H,21,23)/t15-,19+/m0/s1. The summed E-state index contributed by atoms with van der Waals surface area (Å²) in [6, 6.07) is 12.0. The molecule has 0 aromatic heterocycles. The van der Waals surface area contributed by atoms with E-state index in [-0.39, 0.29) is 11.9 Å². The van der Waals surface area contributed by atoms with Crippen molar-refractivity contribution in [2.24, 2.45) is 5.92 Å². The van der Waals surface area contributed by atoms with Crippen LogP contribution >= 0.6 is 0 Å². The number of hydrogen-bond donors (Lipinski definition) is 1. The van der Waals surface area contributed by atoms with E-state index < -0.39 is 0 Å². The van der Waals surface area contributed by atoms with Gasteiger partial charge in [0.25, 0.3) is 5.91 Å². The SMILES string of the molecule is C#Cc1ccc2ccc(C(=O)N[C@@H]3C[C@@H]4CCN(C4)C3)cc2c1. The van der Waals surface area contributed by atoms with Crippen LogP contribution in [-0.2, 0) is 0 Å². The lowest BCUT2D eigenvalue weighted by Crippen LogP contribution is -2.47. The highest BCUT2D eigenvalue weighted by Crippen LogP contribution is 2.27. The molecular formula is C20H20N2O. The fourth-order valence-corrected chi connectivity index (χ4v) is 3.91. The second kappa shape index (κ2) is 5.72. The van der Waals surface area contributed by atoms with E-state index in [9.17, 15) is 4.79 Å². The van der Waals surface area contributed by atoms with E-state index in [4.69, 9.17) is 6.42 Å². The number of fused-ring (bicyclic) bond motifs is 3. The predicted octanol–water partition coefficient (Wildman–Crippen LogP) is 2.65. The van der Waals surface area contributed by atoms with Gasteiger partial charge in [0.15, 0.2) is 0 Å². The Morgan fingerprint density at radius 3 is 2.87 bits per heavy atom. The number of amides is 1. The van der Waals surface area contributed by atoms with Gasteiger partial charge in [-0.05, 0) is 60.3 Å². The summed E-state index contributed by atoms with van der Waals surface area (Å²) in [5, 5.41) is 5.32. The average molecular weight is 304 g/mol. The molecule has 3 atom stereocenters. The summed E-state index contributed by atoms with van der Waals surface area (Å²) in [5.41, 5.74) is 1.55. The van der Waals surface area contributed by atoms with Gasteiger partial charge >= 0.3 is 0 Å². The molecule has 3 heteroatoms. The minimum Gasteiger partial charge on any atom is -0.348 e. The number of nitrogens with zero attached hydrogens (tertiary/aromatic N) is 1. The summed E-state index contributed by atoms with van der Waals surface area (Å²) >= 11 is 0. The Morgan fingerprint density at radius 2 is 2.04 bits per heavy atom. The molecule has 4 rings (SSSR count). The molecule has 23 heavy (non-hydrogen) atoms. The molecule has 2 saturated heterocycles. The summed E-state index contributed by atoms with van der Waals surface area (Å²) in [7, 11) is 0. The van der Waals surface area contributed by atoms with E-state index in [1.807, 2.05) is 36.4 Å². The third-order valence-corrected chi connectivity index (χ3v) is 5.07. The minimum absolute atomic E-state index is 0.0190. The van der Waals surface area contributed by atoms with E-state index in [2.05, 4.69) is 16.1 Å². The zero-order chi connectivity index (χ0) is 15.8. The molecule has 2 aromatic rings. The van der Waals surface area contributed by atoms with Gasteiger partial charge < -0.3 is 10.2 Å². The normalized spacial score (nSPS) is 26.0. The van der Waals surface area contributed by atoms with Crippen LogP contribution < -0.4 is 5.32 Å². The number of carbonyl (C=O) groups excluding carboxylic acids is 1. The third-order valence-electron chi connectivity index (χ3n) is 5.07. The molecule has 0 aliphatic carbocycles. The Hall–Kier alpha value is -2.31. The summed E-state index contributed by atoms with van der Waals surface area (Å²) in [5.74, 6) is 3.42. The first kappa shape index (κ1) is 14.3. The van der Waals surface area contributed by atoms with Crippen LogP contribution in [0.2, 0.25) is 0 Å². The zero-order valence-corrected chi connectivity index (χ0v) is 13.1. The number of carbonyl (C=O) groups is 1. The van der Waals surface area contributed by atoms with Crippen molar-refractivity contribution in [3.05, 3.63) is 47.5 Å².